The van der Waals surface area contributed by atoms with E-state index in [2.05, 4.69) is 4.98 Å². The van der Waals surface area contributed by atoms with Gasteiger partial charge in [-0.3, -0.25) is 0 Å². The highest BCUT2D eigenvalue weighted by atomic mass is 16.5. The number of ether oxygens (including phenoxy) is 1. The third kappa shape index (κ3) is 0.830. The van der Waals surface area contributed by atoms with Crippen molar-refractivity contribution >= 4 is 16.6 Å². The molecule has 1 heterocycles. The van der Waals surface area contributed by atoms with Crippen LogP contribution in [0.2, 0.25) is 0 Å². The molecule has 62 valence electrons. The maximum atomic E-state index is 5.82. The third-order valence-corrected chi connectivity index (χ3v) is 1.95. The van der Waals surface area contributed by atoms with Gasteiger partial charge in [0.1, 0.15) is 5.75 Å². The predicted molar refractivity (Wildman–Crippen MR) is 49.3 cm³/mol. The number of nitrogens with one attached hydrogen (secondary N) is 1. The van der Waals surface area contributed by atoms with E-state index in [0.717, 1.165) is 10.9 Å². The average Bonchev–Trinajstić information content (AvgIpc) is 2.53. The molecule has 0 spiro atoms. The number of H-pyrrole nitrogens is 1. The van der Waals surface area contributed by atoms with Gasteiger partial charge >= 0.3 is 0 Å². The first-order valence-electron chi connectivity index (χ1n) is 3.72. The van der Waals surface area contributed by atoms with Gasteiger partial charge in [-0.1, -0.05) is 0 Å². The van der Waals surface area contributed by atoms with Crippen LogP contribution in [0.25, 0.3) is 10.9 Å². The highest BCUT2D eigenvalue weighted by molar-refractivity contribution is 5.92. The summed E-state index contributed by atoms with van der Waals surface area (Å²) in [7, 11) is 1.61. The van der Waals surface area contributed by atoms with Crippen molar-refractivity contribution in [3.05, 3.63) is 24.4 Å². The Morgan fingerprint density at radius 1 is 1.33 bits per heavy atom. The molecule has 0 amide bonds. The maximum Gasteiger partial charge on any atom is 0.143 e. The molecule has 0 fully saturated rings. The first kappa shape index (κ1) is 7.03. The number of fused-ring (bicyclic) bond motifs is 1. The summed E-state index contributed by atoms with van der Waals surface area (Å²) >= 11 is 0. The molecule has 3 nitrogen and oxygen atoms in total. The van der Waals surface area contributed by atoms with Crippen molar-refractivity contribution in [2.45, 2.75) is 0 Å². The molecule has 3 heteroatoms. The van der Waals surface area contributed by atoms with Crippen LogP contribution in [0.3, 0.4) is 0 Å². The fourth-order valence-corrected chi connectivity index (χ4v) is 1.31. The zero-order valence-electron chi connectivity index (χ0n) is 6.79. The van der Waals surface area contributed by atoms with Crippen LogP contribution >= 0.6 is 0 Å². The van der Waals surface area contributed by atoms with Crippen LogP contribution in [0.4, 0.5) is 5.69 Å². The molecule has 0 atom stereocenters. The highest BCUT2D eigenvalue weighted by Gasteiger charge is 2.03. The number of anilines is 1. The first-order chi connectivity index (χ1) is 5.83. The van der Waals surface area contributed by atoms with Gasteiger partial charge in [-0.2, -0.15) is 0 Å². The summed E-state index contributed by atoms with van der Waals surface area (Å²) in [5.41, 5.74) is 7.42. The summed E-state index contributed by atoms with van der Waals surface area (Å²) < 4.78 is 5.08. The molecule has 2 aromatic rings. The Hall–Kier alpha value is -1.64. The van der Waals surface area contributed by atoms with E-state index in [4.69, 9.17) is 10.5 Å². The molecule has 0 saturated carbocycles. The number of methoxy groups -OCH3 is 1. The number of hydrogen-bond donors (Lipinski definition) is 2. The lowest BCUT2D eigenvalue weighted by atomic mass is 10.2. The van der Waals surface area contributed by atoms with E-state index in [1.807, 2.05) is 24.4 Å². The number of rotatable bonds is 1. The number of aromatic amines is 1. The lowest BCUT2D eigenvalue weighted by Crippen LogP contribution is -1.92. The zero-order chi connectivity index (χ0) is 8.55. The summed E-state index contributed by atoms with van der Waals surface area (Å²) in [5.74, 6) is 0.713. The summed E-state index contributed by atoms with van der Waals surface area (Å²) in [6, 6.07) is 5.82. The summed E-state index contributed by atoms with van der Waals surface area (Å²) in [6.45, 7) is 0. The Balaban J connectivity index is 2.78. The van der Waals surface area contributed by atoms with Gasteiger partial charge < -0.3 is 15.5 Å². The number of aromatic nitrogens is 1. The second-order valence-electron chi connectivity index (χ2n) is 2.62. The second kappa shape index (κ2) is 2.44. The minimum Gasteiger partial charge on any atom is -0.495 e. The SMILES string of the molecule is COc1ccc2cc[nH]c2c1N. The fourth-order valence-electron chi connectivity index (χ4n) is 1.31. The van der Waals surface area contributed by atoms with Crippen LogP contribution in [0, 0.1) is 0 Å². The van der Waals surface area contributed by atoms with Gasteiger partial charge in [0.15, 0.2) is 0 Å². The Morgan fingerprint density at radius 2 is 2.17 bits per heavy atom. The van der Waals surface area contributed by atoms with E-state index in [1.54, 1.807) is 7.11 Å². The molecular formula is C9H10N2O. The number of benzene rings is 1. The van der Waals surface area contributed by atoms with Crippen LogP contribution in [0.5, 0.6) is 5.75 Å². The standard InChI is InChI=1S/C9H10N2O/c1-12-7-3-2-6-4-5-11-9(6)8(7)10/h2-5,11H,10H2,1H3. The number of nitrogens with two attached hydrogens (primary N) is 1. The highest BCUT2D eigenvalue weighted by Crippen LogP contribution is 2.28. The molecule has 0 unspecified atom stereocenters. The summed E-state index contributed by atoms with van der Waals surface area (Å²) in [6.07, 6.45) is 1.86. The zero-order valence-corrected chi connectivity index (χ0v) is 6.79. The number of hydrogen-bond acceptors (Lipinski definition) is 2. The largest absolute Gasteiger partial charge is 0.495 e. The van der Waals surface area contributed by atoms with Gasteiger partial charge in [-0.15, -0.1) is 0 Å². The van der Waals surface area contributed by atoms with E-state index in [9.17, 15) is 0 Å². The van der Waals surface area contributed by atoms with Gasteiger partial charge in [0, 0.05) is 11.6 Å². The Labute approximate surface area is 70.1 Å². The average molecular weight is 162 g/mol. The first-order valence-corrected chi connectivity index (χ1v) is 3.72. The van der Waals surface area contributed by atoms with E-state index in [-0.39, 0.29) is 0 Å². The quantitative estimate of drug-likeness (QED) is 0.628. The molecule has 1 aromatic heterocycles. The molecule has 0 radical (unpaired) electrons. The van der Waals surface area contributed by atoms with Crippen molar-refractivity contribution in [2.75, 3.05) is 12.8 Å². The molecule has 1 aromatic carbocycles. The van der Waals surface area contributed by atoms with Crippen molar-refractivity contribution in [2.24, 2.45) is 0 Å². The van der Waals surface area contributed by atoms with Crippen molar-refractivity contribution < 1.29 is 4.74 Å². The monoisotopic (exact) mass is 162 g/mol. The van der Waals surface area contributed by atoms with Gasteiger partial charge in [0.05, 0.1) is 18.3 Å². The van der Waals surface area contributed by atoms with E-state index in [0.29, 0.717) is 11.4 Å². The molecule has 0 aliphatic carbocycles. The van der Waals surface area contributed by atoms with Crippen LogP contribution in [0.1, 0.15) is 0 Å². The van der Waals surface area contributed by atoms with Gasteiger partial charge in [0.2, 0.25) is 0 Å². The summed E-state index contributed by atoms with van der Waals surface area (Å²) in [5, 5.41) is 1.10. The Morgan fingerprint density at radius 3 is 2.92 bits per heavy atom. The molecular weight excluding hydrogens is 152 g/mol. The lowest BCUT2D eigenvalue weighted by Gasteiger charge is -2.03. The van der Waals surface area contributed by atoms with Gasteiger partial charge in [-0.05, 0) is 18.2 Å². The molecule has 0 bridgehead atoms. The smallest absolute Gasteiger partial charge is 0.143 e. The summed E-state index contributed by atoms with van der Waals surface area (Å²) in [4.78, 5) is 3.06. The van der Waals surface area contributed by atoms with Crippen LogP contribution in [-0.4, -0.2) is 12.1 Å². The van der Waals surface area contributed by atoms with Crippen LogP contribution in [-0.2, 0) is 0 Å². The van der Waals surface area contributed by atoms with Crippen molar-refractivity contribution in [1.29, 1.82) is 0 Å². The molecule has 0 aliphatic rings. The van der Waals surface area contributed by atoms with Gasteiger partial charge in [-0.25, -0.2) is 0 Å². The maximum absolute atomic E-state index is 5.82. The van der Waals surface area contributed by atoms with Gasteiger partial charge in [0.25, 0.3) is 0 Å². The molecule has 3 N–H and O–H groups in total. The lowest BCUT2D eigenvalue weighted by molar-refractivity contribution is 0.417. The number of nitrogen functional groups attached to an aromatic ring is 1. The third-order valence-electron chi connectivity index (χ3n) is 1.95. The molecule has 2 rings (SSSR count). The van der Waals surface area contributed by atoms with E-state index in [1.165, 1.54) is 0 Å². The van der Waals surface area contributed by atoms with Crippen molar-refractivity contribution in [3.8, 4) is 5.75 Å². The van der Waals surface area contributed by atoms with E-state index >= 15 is 0 Å². The minimum atomic E-state index is 0.667. The fraction of sp³-hybridized carbons (Fsp3) is 0.111. The van der Waals surface area contributed by atoms with E-state index < -0.39 is 0 Å². The predicted octanol–water partition coefficient (Wildman–Crippen LogP) is 1.76. The van der Waals surface area contributed by atoms with Crippen LogP contribution < -0.4 is 10.5 Å². The van der Waals surface area contributed by atoms with Crippen LogP contribution in [0.15, 0.2) is 24.4 Å². The normalized spacial score (nSPS) is 10.4. The van der Waals surface area contributed by atoms with Crippen molar-refractivity contribution in [3.63, 3.8) is 0 Å². The Bertz CT molecular complexity index is 406. The Kier molecular flexibility index (Phi) is 1.43. The molecule has 0 saturated heterocycles. The second-order valence-corrected chi connectivity index (χ2v) is 2.62. The minimum absolute atomic E-state index is 0.667. The molecule has 0 aliphatic heterocycles. The topological polar surface area (TPSA) is 51.0 Å². The van der Waals surface area contributed by atoms with Crippen molar-refractivity contribution in [1.82, 2.24) is 4.98 Å². The molecule has 12 heavy (non-hydrogen) atoms.